The molecule has 1 aromatic carbocycles. The van der Waals surface area contributed by atoms with E-state index in [0.717, 1.165) is 6.54 Å². The molecule has 0 saturated heterocycles. The molecular weight excluding hydrogens is 232 g/mol. The van der Waals surface area contributed by atoms with Crippen molar-refractivity contribution in [2.24, 2.45) is 0 Å². The predicted molar refractivity (Wildman–Crippen MR) is 81.4 cm³/mol. The molecule has 0 atom stereocenters. The Labute approximate surface area is 117 Å². The zero-order valence-electron chi connectivity index (χ0n) is 13.3. The largest absolute Gasteiger partial charge is 0.299 e. The van der Waals surface area contributed by atoms with Gasteiger partial charge in [-0.2, -0.15) is 5.26 Å². The van der Waals surface area contributed by atoms with Crippen LogP contribution in [0.1, 0.15) is 49.9 Å². The summed E-state index contributed by atoms with van der Waals surface area (Å²) in [5.74, 6) is 0. The quantitative estimate of drug-likeness (QED) is 0.892. The minimum absolute atomic E-state index is 0.00991. The maximum absolute atomic E-state index is 9.09. The van der Waals surface area contributed by atoms with Gasteiger partial charge in [0.05, 0.1) is 6.07 Å². The summed E-state index contributed by atoms with van der Waals surface area (Å²) in [5, 5.41) is 12.4. The van der Waals surface area contributed by atoms with E-state index in [-0.39, 0.29) is 5.41 Å². The van der Waals surface area contributed by atoms with Crippen LogP contribution in [0.2, 0.25) is 0 Å². The molecule has 0 radical (unpaired) electrons. The summed E-state index contributed by atoms with van der Waals surface area (Å²) in [6, 6.07) is 6.76. The van der Waals surface area contributed by atoms with Crippen molar-refractivity contribution in [3.05, 3.63) is 34.4 Å². The van der Waals surface area contributed by atoms with Crippen LogP contribution < -0.4 is 5.32 Å². The lowest BCUT2D eigenvalue weighted by Crippen LogP contribution is -2.45. The molecule has 0 fully saturated rings. The molecule has 1 N–H and O–H groups in total. The molecule has 104 valence electrons. The van der Waals surface area contributed by atoms with Crippen molar-refractivity contribution >= 4 is 0 Å². The van der Waals surface area contributed by atoms with E-state index in [2.05, 4.69) is 58.1 Å². The highest BCUT2D eigenvalue weighted by Crippen LogP contribution is 2.30. The van der Waals surface area contributed by atoms with E-state index in [9.17, 15) is 0 Å². The molecule has 19 heavy (non-hydrogen) atoms. The van der Waals surface area contributed by atoms with Crippen LogP contribution in [0, 0.1) is 32.1 Å². The molecule has 0 heterocycles. The number of aryl methyl sites for hydroxylation is 3. The molecule has 0 aliphatic carbocycles. The Morgan fingerprint density at radius 2 is 1.53 bits per heavy atom. The first kappa shape index (κ1) is 15.7. The maximum Gasteiger partial charge on any atom is 0.101 e. The molecule has 2 heteroatoms. The Morgan fingerprint density at radius 1 is 1.05 bits per heavy atom. The first-order valence-electron chi connectivity index (χ1n) is 6.84. The lowest BCUT2D eigenvalue weighted by Gasteiger charge is -2.32. The first-order valence-corrected chi connectivity index (χ1v) is 6.84. The average Bonchev–Trinajstić information content (AvgIpc) is 2.25. The molecule has 1 rings (SSSR count). The molecule has 0 unspecified atom stereocenters. The van der Waals surface area contributed by atoms with E-state index in [0.29, 0.717) is 0 Å². The fraction of sp³-hybridized carbons (Fsp3) is 0.588. The predicted octanol–water partition coefficient (Wildman–Crippen LogP) is 3.78. The molecule has 0 bridgehead atoms. The Bertz CT molecular complexity index is 481. The summed E-state index contributed by atoms with van der Waals surface area (Å²) in [4.78, 5) is 0. The molecule has 0 aliphatic heterocycles. The lowest BCUT2D eigenvalue weighted by atomic mass is 9.78. The number of rotatable bonds is 4. The number of benzene rings is 1. The Kier molecular flexibility index (Phi) is 4.43. The van der Waals surface area contributed by atoms with Gasteiger partial charge in [-0.05, 0) is 51.3 Å². The van der Waals surface area contributed by atoms with Crippen LogP contribution in [-0.4, -0.2) is 12.1 Å². The third-order valence-electron chi connectivity index (χ3n) is 3.61. The molecule has 0 amide bonds. The standard InChI is InChI=1S/C17H26N2/c1-12-8-13(2)15(14(3)9-12)16(4,5)11-19-17(6,7)10-18/h8-9,19H,11H2,1-7H3. The van der Waals surface area contributed by atoms with Gasteiger partial charge in [-0.25, -0.2) is 0 Å². The van der Waals surface area contributed by atoms with Crippen LogP contribution in [0.3, 0.4) is 0 Å². The maximum atomic E-state index is 9.09. The van der Waals surface area contributed by atoms with Crippen LogP contribution >= 0.6 is 0 Å². The minimum Gasteiger partial charge on any atom is -0.299 e. The molecule has 0 aliphatic rings. The zero-order chi connectivity index (χ0) is 14.8. The van der Waals surface area contributed by atoms with Gasteiger partial charge in [-0.1, -0.05) is 31.5 Å². The van der Waals surface area contributed by atoms with Crippen molar-refractivity contribution in [1.82, 2.24) is 5.32 Å². The summed E-state index contributed by atoms with van der Waals surface area (Å²) < 4.78 is 0. The van der Waals surface area contributed by atoms with E-state index < -0.39 is 5.54 Å². The van der Waals surface area contributed by atoms with Gasteiger partial charge in [0.15, 0.2) is 0 Å². The van der Waals surface area contributed by atoms with Gasteiger partial charge in [0.2, 0.25) is 0 Å². The average molecular weight is 258 g/mol. The van der Waals surface area contributed by atoms with E-state index >= 15 is 0 Å². The van der Waals surface area contributed by atoms with E-state index in [1.165, 1.54) is 22.3 Å². The third-order valence-corrected chi connectivity index (χ3v) is 3.61. The summed E-state index contributed by atoms with van der Waals surface area (Å²) in [7, 11) is 0. The summed E-state index contributed by atoms with van der Waals surface area (Å²) in [6.45, 7) is 15.6. The van der Waals surface area contributed by atoms with Gasteiger partial charge < -0.3 is 0 Å². The topological polar surface area (TPSA) is 35.8 Å². The second kappa shape index (κ2) is 5.35. The second-order valence-corrected chi connectivity index (χ2v) is 6.75. The SMILES string of the molecule is Cc1cc(C)c(C(C)(C)CNC(C)(C)C#N)c(C)c1. The molecule has 2 nitrogen and oxygen atoms in total. The highest BCUT2D eigenvalue weighted by Gasteiger charge is 2.27. The third kappa shape index (κ3) is 3.81. The van der Waals surface area contributed by atoms with Crippen molar-refractivity contribution < 1.29 is 0 Å². The van der Waals surface area contributed by atoms with Gasteiger partial charge >= 0.3 is 0 Å². The van der Waals surface area contributed by atoms with Crippen molar-refractivity contribution in [3.8, 4) is 6.07 Å². The van der Waals surface area contributed by atoms with Crippen LogP contribution in [0.25, 0.3) is 0 Å². The smallest absolute Gasteiger partial charge is 0.101 e. The van der Waals surface area contributed by atoms with Crippen molar-refractivity contribution in [1.29, 1.82) is 5.26 Å². The molecule has 0 spiro atoms. The fourth-order valence-corrected chi connectivity index (χ4v) is 2.82. The summed E-state index contributed by atoms with van der Waals surface area (Å²) in [5.41, 5.74) is 4.89. The highest BCUT2D eigenvalue weighted by molar-refractivity contribution is 5.42. The monoisotopic (exact) mass is 258 g/mol. The van der Waals surface area contributed by atoms with E-state index in [4.69, 9.17) is 5.26 Å². The minimum atomic E-state index is -0.482. The summed E-state index contributed by atoms with van der Waals surface area (Å²) >= 11 is 0. The molecule has 1 aromatic rings. The van der Waals surface area contributed by atoms with Crippen molar-refractivity contribution in [3.63, 3.8) is 0 Å². The summed E-state index contributed by atoms with van der Waals surface area (Å²) in [6.07, 6.45) is 0. The molecule has 0 saturated carbocycles. The number of nitriles is 1. The molecule has 0 aromatic heterocycles. The number of hydrogen-bond acceptors (Lipinski definition) is 2. The highest BCUT2D eigenvalue weighted by atomic mass is 15.0. The van der Waals surface area contributed by atoms with Gasteiger partial charge in [0, 0.05) is 12.0 Å². The second-order valence-electron chi connectivity index (χ2n) is 6.75. The normalized spacial score (nSPS) is 12.3. The first-order chi connectivity index (χ1) is 8.59. The zero-order valence-corrected chi connectivity index (χ0v) is 13.3. The number of nitrogens with zero attached hydrogens (tertiary/aromatic N) is 1. The number of hydrogen-bond donors (Lipinski definition) is 1. The van der Waals surface area contributed by atoms with E-state index in [1.54, 1.807) is 0 Å². The Balaban J connectivity index is 3.05. The number of nitrogens with one attached hydrogen (secondary N) is 1. The van der Waals surface area contributed by atoms with Gasteiger partial charge in [-0.3, -0.25) is 5.32 Å². The van der Waals surface area contributed by atoms with Crippen molar-refractivity contribution in [2.75, 3.05) is 6.54 Å². The van der Waals surface area contributed by atoms with Crippen LogP contribution in [0.5, 0.6) is 0 Å². The van der Waals surface area contributed by atoms with Crippen molar-refractivity contribution in [2.45, 2.75) is 59.4 Å². The van der Waals surface area contributed by atoms with Crippen LogP contribution in [0.4, 0.5) is 0 Å². The van der Waals surface area contributed by atoms with Gasteiger partial charge in [0.1, 0.15) is 5.54 Å². The Hall–Kier alpha value is -1.33. The van der Waals surface area contributed by atoms with E-state index in [1.807, 2.05) is 13.8 Å². The van der Waals surface area contributed by atoms with Gasteiger partial charge in [0.25, 0.3) is 0 Å². The van der Waals surface area contributed by atoms with Crippen LogP contribution in [-0.2, 0) is 5.41 Å². The van der Waals surface area contributed by atoms with Gasteiger partial charge in [-0.15, -0.1) is 0 Å². The lowest BCUT2D eigenvalue weighted by molar-refractivity contribution is 0.395. The Morgan fingerprint density at radius 3 is 1.95 bits per heavy atom. The van der Waals surface area contributed by atoms with Crippen LogP contribution in [0.15, 0.2) is 12.1 Å². The fourth-order valence-electron chi connectivity index (χ4n) is 2.82. The molecular formula is C17H26N2.